The first kappa shape index (κ1) is 7.96. The van der Waals surface area contributed by atoms with Gasteiger partial charge in [0.1, 0.15) is 0 Å². The smallest absolute Gasteiger partial charge is 0.0155 e. The Balaban J connectivity index is 2.92. The van der Waals surface area contributed by atoms with Crippen LogP contribution in [0.1, 0.15) is 26.7 Å². The van der Waals surface area contributed by atoms with Crippen molar-refractivity contribution in [2.24, 2.45) is 5.92 Å². The summed E-state index contributed by atoms with van der Waals surface area (Å²) in [7, 11) is 1.88. The van der Waals surface area contributed by atoms with Crippen LogP contribution in [0.25, 0.3) is 0 Å². The lowest BCUT2D eigenvalue weighted by atomic mass is 10.1. The topological polar surface area (TPSA) is 14.1 Å². The molecule has 1 radical (unpaired) electrons. The molecule has 0 bridgehead atoms. The molecule has 0 spiro atoms. The van der Waals surface area contributed by atoms with E-state index in [0.29, 0.717) is 0 Å². The van der Waals surface area contributed by atoms with E-state index in [-0.39, 0.29) is 0 Å². The lowest BCUT2D eigenvalue weighted by Gasteiger charge is -2.05. The van der Waals surface area contributed by atoms with Crippen molar-refractivity contribution in [3.8, 4) is 0 Å². The van der Waals surface area contributed by atoms with Crippen LogP contribution in [0, 0.1) is 5.92 Å². The first-order chi connectivity index (χ1) is 3.81. The molecule has 49 valence electrons. The van der Waals surface area contributed by atoms with Gasteiger partial charge in [-0.1, -0.05) is 20.3 Å². The maximum Gasteiger partial charge on any atom is 0.0155 e. The summed E-state index contributed by atoms with van der Waals surface area (Å²) in [4.78, 5) is 0. The highest BCUT2D eigenvalue weighted by atomic mass is 14.8. The lowest BCUT2D eigenvalue weighted by molar-refractivity contribution is 0.494. The first-order valence-electron chi connectivity index (χ1n) is 3.36. The summed E-state index contributed by atoms with van der Waals surface area (Å²) < 4.78 is 0. The van der Waals surface area contributed by atoms with Crippen LogP contribution in [0.5, 0.6) is 0 Å². The summed E-state index contributed by atoms with van der Waals surface area (Å²) in [6.07, 6.45) is 2.61. The van der Waals surface area contributed by atoms with Gasteiger partial charge < -0.3 is 0 Å². The second kappa shape index (κ2) is 5.10. The molecule has 0 fully saturated rings. The van der Waals surface area contributed by atoms with Crippen molar-refractivity contribution >= 4 is 0 Å². The van der Waals surface area contributed by atoms with Gasteiger partial charge in [0.2, 0.25) is 0 Å². The highest BCUT2D eigenvalue weighted by molar-refractivity contribution is 4.51. The van der Waals surface area contributed by atoms with Gasteiger partial charge >= 0.3 is 0 Å². The van der Waals surface area contributed by atoms with Crippen molar-refractivity contribution < 1.29 is 0 Å². The minimum absolute atomic E-state index is 0.796. The van der Waals surface area contributed by atoms with Crippen LogP contribution >= 0.6 is 0 Å². The molecule has 1 atom stereocenters. The molecular weight excluding hydrogens is 98.1 g/mol. The van der Waals surface area contributed by atoms with E-state index in [4.69, 9.17) is 0 Å². The third kappa shape index (κ3) is 4.13. The zero-order valence-corrected chi connectivity index (χ0v) is 6.15. The van der Waals surface area contributed by atoms with Crippen LogP contribution in [0.4, 0.5) is 0 Å². The zero-order valence-electron chi connectivity index (χ0n) is 6.15. The molecule has 1 unspecified atom stereocenters. The largest absolute Gasteiger partial charge is 0.245 e. The lowest BCUT2D eigenvalue weighted by Crippen LogP contribution is -2.09. The van der Waals surface area contributed by atoms with Gasteiger partial charge in [0.05, 0.1) is 0 Å². The summed E-state index contributed by atoms with van der Waals surface area (Å²) in [6, 6.07) is 0. The van der Waals surface area contributed by atoms with E-state index in [2.05, 4.69) is 19.2 Å². The average Bonchev–Trinajstić information content (AvgIpc) is 1.68. The van der Waals surface area contributed by atoms with Crippen LogP contribution in [-0.4, -0.2) is 13.6 Å². The minimum atomic E-state index is 0.796. The maximum absolute atomic E-state index is 4.05. The third-order valence-corrected chi connectivity index (χ3v) is 1.28. The second-order valence-electron chi connectivity index (χ2n) is 2.39. The van der Waals surface area contributed by atoms with Crippen molar-refractivity contribution in [3.05, 3.63) is 0 Å². The van der Waals surface area contributed by atoms with E-state index in [1.54, 1.807) is 0 Å². The maximum atomic E-state index is 4.05. The Morgan fingerprint density at radius 3 is 2.50 bits per heavy atom. The van der Waals surface area contributed by atoms with Gasteiger partial charge in [-0.15, -0.1) is 0 Å². The van der Waals surface area contributed by atoms with E-state index < -0.39 is 0 Å². The van der Waals surface area contributed by atoms with Crippen molar-refractivity contribution in [1.82, 2.24) is 5.32 Å². The summed E-state index contributed by atoms with van der Waals surface area (Å²) in [5.41, 5.74) is 0. The fourth-order valence-electron chi connectivity index (χ4n) is 0.896. The number of hydrogen-bond acceptors (Lipinski definition) is 0. The van der Waals surface area contributed by atoms with Crippen molar-refractivity contribution in [1.29, 1.82) is 0 Å². The molecule has 0 saturated heterocycles. The molecule has 0 amide bonds. The fraction of sp³-hybridized carbons (Fsp3) is 1.00. The molecule has 0 aliphatic heterocycles. The summed E-state index contributed by atoms with van der Waals surface area (Å²) in [6.45, 7) is 5.50. The summed E-state index contributed by atoms with van der Waals surface area (Å²) in [5.74, 6) is 0.796. The molecule has 0 aromatic heterocycles. The van der Waals surface area contributed by atoms with Crippen molar-refractivity contribution in [2.75, 3.05) is 13.6 Å². The molecular formula is C7H16N. The SMILES string of the molecule is CCCC(C)C[N]C. The van der Waals surface area contributed by atoms with Crippen molar-refractivity contribution in [2.45, 2.75) is 26.7 Å². The number of rotatable bonds is 4. The summed E-state index contributed by atoms with van der Waals surface area (Å²) in [5, 5.41) is 4.05. The first-order valence-corrected chi connectivity index (χ1v) is 3.36. The molecule has 0 aromatic carbocycles. The monoisotopic (exact) mass is 114 g/mol. The van der Waals surface area contributed by atoms with Gasteiger partial charge in [0.15, 0.2) is 0 Å². The van der Waals surface area contributed by atoms with Crippen molar-refractivity contribution in [3.63, 3.8) is 0 Å². The molecule has 0 saturated carbocycles. The van der Waals surface area contributed by atoms with Gasteiger partial charge in [-0.3, -0.25) is 0 Å². The third-order valence-electron chi connectivity index (χ3n) is 1.28. The quantitative estimate of drug-likeness (QED) is 0.527. The Bertz CT molecular complexity index is 37.7. The van der Waals surface area contributed by atoms with Gasteiger partial charge in [0.25, 0.3) is 0 Å². The molecule has 0 aliphatic rings. The molecule has 0 heterocycles. The molecule has 0 N–H and O–H groups in total. The standard InChI is InChI=1S/C7H16N/c1-4-5-7(2)6-8-3/h7H,4-6H2,1-3H3. The molecule has 0 aliphatic carbocycles. The summed E-state index contributed by atoms with van der Waals surface area (Å²) >= 11 is 0. The van der Waals surface area contributed by atoms with E-state index in [9.17, 15) is 0 Å². The van der Waals surface area contributed by atoms with E-state index in [1.165, 1.54) is 12.8 Å². The fourth-order valence-corrected chi connectivity index (χ4v) is 0.896. The minimum Gasteiger partial charge on any atom is -0.245 e. The normalized spacial score (nSPS) is 13.9. The van der Waals surface area contributed by atoms with E-state index >= 15 is 0 Å². The predicted octanol–water partition coefficient (Wildman–Crippen LogP) is 1.66. The van der Waals surface area contributed by atoms with Crippen LogP contribution in [0.15, 0.2) is 0 Å². The molecule has 8 heavy (non-hydrogen) atoms. The Morgan fingerprint density at radius 2 is 2.12 bits per heavy atom. The average molecular weight is 114 g/mol. The number of nitrogens with zero attached hydrogens (tertiary/aromatic N) is 1. The van der Waals surface area contributed by atoms with Crippen LogP contribution in [0.2, 0.25) is 0 Å². The Labute approximate surface area is 52.5 Å². The molecule has 1 nitrogen and oxygen atoms in total. The van der Waals surface area contributed by atoms with E-state index in [1.807, 2.05) is 7.05 Å². The Morgan fingerprint density at radius 1 is 1.50 bits per heavy atom. The highest BCUT2D eigenvalue weighted by Gasteiger charge is 1.96. The second-order valence-corrected chi connectivity index (χ2v) is 2.39. The van der Waals surface area contributed by atoms with Crippen LogP contribution < -0.4 is 5.32 Å². The molecule has 0 aromatic rings. The van der Waals surface area contributed by atoms with Gasteiger partial charge in [-0.25, -0.2) is 5.32 Å². The predicted molar refractivity (Wildman–Crippen MR) is 37.0 cm³/mol. The van der Waals surface area contributed by atoms with Gasteiger partial charge in [-0.05, 0) is 12.3 Å². The highest BCUT2D eigenvalue weighted by Crippen LogP contribution is 2.01. The molecule has 1 heteroatoms. The van der Waals surface area contributed by atoms with E-state index in [0.717, 1.165) is 12.5 Å². The van der Waals surface area contributed by atoms with Gasteiger partial charge in [0, 0.05) is 13.6 Å². The Kier molecular flexibility index (Phi) is 5.08. The Hall–Kier alpha value is -0.0400. The van der Waals surface area contributed by atoms with Gasteiger partial charge in [-0.2, -0.15) is 0 Å². The number of hydrogen-bond donors (Lipinski definition) is 0. The molecule has 0 rings (SSSR count). The van der Waals surface area contributed by atoms with Crippen LogP contribution in [0.3, 0.4) is 0 Å². The van der Waals surface area contributed by atoms with Crippen LogP contribution in [-0.2, 0) is 0 Å². The zero-order chi connectivity index (χ0) is 6.41.